The van der Waals surface area contributed by atoms with Gasteiger partial charge in [0.25, 0.3) is 0 Å². The van der Waals surface area contributed by atoms with E-state index in [0.717, 1.165) is 127 Å². The summed E-state index contributed by atoms with van der Waals surface area (Å²) in [5.41, 5.74) is 2.26. The zero-order valence-corrected chi connectivity index (χ0v) is 48.4. The fraction of sp³-hybridized carbons (Fsp3) is 0. The van der Waals surface area contributed by atoms with Crippen LogP contribution in [0.4, 0.5) is 0 Å². The molecule has 0 unspecified atom stereocenters. The summed E-state index contributed by atoms with van der Waals surface area (Å²) < 4.78 is 41.3. The van der Waals surface area contributed by atoms with E-state index in [-0.39, 0.29) is 0 Å². The molecule has 0 amide bonds. The Balaban J connectivity index is 0.831. The van der Waals surface area contributed by atoms with Gasteiger partial charge in [-0.25, -0.2) is 15.0 Å². The minimum atomic E-state index is -2.14. The van der Waals surface area contributed by atoms with E-state index in [0.29, 0.717) is 34.7 Å². The van der Waals surface area contributed by atoms with Crippen LogP contribution in [0.1, 0.15) is 0 Å². The molecule has 19 rings (SSSR count). The second-order valence-electron chi connectivity index (χ2n) is 21.8. The van der Waals surface area contributed by atoms with Crippen LogP contribution in [0, 0.1) is 0 Å². The first kappa shape index (κ1) is 48.8. The van der Waals surface area contributed by atoms with Gasteiger partial charge in [-0.1, -0.05) is 109 Å². The SMILES string of the molecule is c1ccc2c(c1)Oc1ccccc1S21c2ccccc2Oc2cc(-c3nc(-c4ccc5c(c4)Oc4ccccc4S54c5ccccc5Oc5ccccc54)nc(-c4ccc5c(c4)Oc4ccccc4S54c5ccccc5Oc5ccccc54)n3)ccc21. The number of hydrogen-bond acceptors (Lipinski definition) is 9. The number of rotatable bonds is 3. The molecule has 0 saturated heterocycles. The third kappa shape index (κ3) is 6.66. The Bertz CT molecular complexity index is 4440. The molecule has 0 fully saturated rings. The van der Waals surface area contributed by atoms with Crippen molar-refractivity contribution in [2.75, 3.05) is 0 Å². The molecular formula is C75H45N3O6S3. The van der Waals surface area contributed by atoms with E-state index in [2.05, 4.69) is 218 Å². The van der Waals surface area contributed by atoms with Crippen LogP contribution in [0.3, 0.4) is 0 Å². The van der Waals surface area contributed by atoms with Crippen molar-refractivity contribution in [3.63, 3.8) is 0 Å². The molecular weight excluding hydrogens is 1140 g/mol. The average Bonchev–Trinajstić information content (AvgIpc) is 1.47. The van der Waals surface area contributed by atoms with E-state index >= 15 is 0 Å². The lowest BCUT2D eigenvalue weighted by atomic mass is 10.1. The molecule has 0 N–H and O–H groups in total. The molecule has 7 heterocycles. The smallest absolute Gasteiger partial charge is 0.164 e. The summed E-state index contributed by atoms with van der Waals surface area (Å²) in [6, 6.07) is 95.1. The highest BCUT2D eigenvalue weighted by molar-refractivity contribution is 8.35. The third-order valence-electron chi connectivity index (χ3n) is 17.2. The van der Waals surface area contributed by atoms with Crippen LogP contribution in [0.5, 0.6) is 69.0 Å². The summed E-state index contributed by atoms with van der Waals surface area (Å²) >= 11 is 0. The normalized spacial score (nSPS) is 16.1. The first-order valence-corrected chi connectivity index (χ1v) is 33.5. The van der Waals surface area contributed by atoms with Gasteiger partial charge in [0.1, 0.15) is 69.0 Å². The van der Waals surface area contributed by atoms with Gasteiger partial charge < -0.3 is 28.4 Å². The molecule has 87 heavy (non-hydrogen) atoms. The summed E-state index contributed by atoms with van der Waals surface area (Å²) in [6.45, 7) is 0. The molecule has 0 radical (unpaired) electrons. The second kappa shape index (κ2) is 18.3. The maximum Gasteiger partial charge on any atom is 0.164 e. The average molecular weight is 1180 g/mol. The highest BCUT2D eigenvalue weighted by atomic mass is 32.3. The first-order chi connectivity index (χ1) is 43.1. The summed E-state index contributed by atoms with van der Waals surface area (Å²) in [5, 5.41) is 0. The van der Waals surface area contributed by atoms with E-state index in [4.69, 9.17) is 43.4 Å². The predicted molar refractivity (Wildman–Crippen MR) is 337 cm³/mol. The minimum absolute atomic E-state index is 0.466. The van der Waals surface area contributed by atoms with Crippen molar-refractivity contribution in [1.29, 1.82) is 0 Å². The fourth-order valence-corrected chi connectivity index (χ4v) is 26.2. The molecule has 0 aliphatic carbocycles. The quantitative estimate of drug-likeness (QED) is 0.171. The van der Waals surface area contributed by atoms with Crippen LogP contribution in [0.15, 0.2) is 332 Å². The zero-order chi connectivity index (χ0) is 57.0. The molecule has 6 aliphatic rings. The maximum atomic E-state index is 7.08. The number of fused-ring (bicyclic) bond motifs is 24. The topological polar surface area (TPSA) is 94.1 Å². The number of hydrogen-bond donors (Lipinski definition) is 0. The van der Waals surface area contributed by atoms with Crippen LogP contribution >= 0.6 is 30.1 Å². The Morgan fingerprint density at radius 3 is 0.529 bits per heavy atom. The van der Waals surface area contributed by atoms with Crippen LogP contribution in [0.2, 0.25) is 0 Å². The number of benzene rings is 12. The maximum absolute atomic E-state index is 7.08. The van der Waals surface area contributed by atoms with Crippen LogP contribution in [0.25, 0.3) is 34.2 Å². The van der Waals surface area contributed by atoms with E-state index in [1.807, 2.05) is 54.6 Å². The number of nitrogens with zero attached hydrogens (tertiary/aromatic N) is 3. The van der Waals surface area contributed by atoms with Crippen molar-refractivity contribution < 1.29 is 28.4 Å². The molecule has 6 aliphatic heterocycles. The minimum Gasteiger partial charge on any atom is -0.455 e. The van der Waals surface area contributed by atoms with Crippen LogP contribution < -0.4 is 28.4 Å². The standard InChI is InChI=1S/C75H45N3O6S3/c1-10-28-61-49(19-1)79-50-20-2-11-29-62(50)85(61)67-34-16-7-25-55(67)82-58-43-46(37-40-70(58)85)73-76-74(47-38-41-71-59(44-47)83-56-26-8-17-35-68(56)86(71)63-30-12-3-21-51(63)80-52-22-4-13-31-64(52)86)78-75(77-73)48-39-42-72-60(45-48)84-57-27-9-18-36-69(57)87(72)65-32-14-5-23-53(65)81-54-24-6-15-33-66(54)87/h1-45H. The van der Waals surface area contributed by atoms with Gasteiger partial charge in [-0.05, 0) is 164 Å². The number of ether oxygens (including phenoxy) is 6. The van der Waals surface area contributed by atoms with E-state index in [1.54, 1.807) is 0 Å². The van der Waals surface area contributed by atoms with Crippen molar-refractivity contribution in [2.24, 2.45) is 0 Å². The van der Waals surface area contributed by atoms with Crippen molar-refractivity contribution in [2.45, 2.75) is 58.7 Å². The summed E-state index contributed by atoms with van der Waals surface area (Å²) in [5.74, 6) is 10.9. The largest absolute Gasteiger partial charge is 0.455 e. The van der Waals surface area contributed by atoms with E-state index in [1.165, 1.54) is 0 Å². The summed E-state index contributed by atoms with van der Waals surface area (Å²) in [7, 11) is -6.42. The van der Waals surface area contributed by atoms with Crippen LogP contribution in [-0.2, 0) is 0 Å². The molecule has 12 heteroatoms. The zero-order valence-electron chi connectivity index (χ0n) is 46.0. The Labute approximate surface area is 505 Å². The van der Waals surface area contributed by atoms with E-state index < -0.39 is 30.1 Å². The predicted octanol–water partition coefficient (Wildman–Crippen LogP) is 21.5. The fourth-order valence-electron chi connectivity index (χ4n) is 13.6. The molecule has 12 aromatic carbocycles. The lowest BCUT2D eigenvalue weighted by Crippen LogP contribution is -2.16. The van der Waals surface area contributed by atoms with Crippen LogP contribution in [-0.4, -0.2) is 15.0 Å². The molecule has 0 atom stereocenters. The summed E-state index contributed by atoms with van der Waals surface area (Å²) in [4.78, 5) is 29.6. The van der Waals surface area contributed by atoms with Crippen molar-refractivity contribution >= 4 is 30.1 Å². The van der Waals surface area contributed by atoms with Gasteiger partial charge in [-0.15, -0.1) is 30.1 Å². The lowest BCUT2D eigenvalue weighted by molar-refractivity contribution is 0.439. The molecule has 0 saturated carbocycles. The molecule has 13 aromatic rings. The Morgan fingerprint density at radius 1 is 0.172 bits per heavy atom. The lowest BCUT2D eigenvalue weighted by Gasteiger charge is -2.48. The van der Waals surface area contributed by atoms with Gasteiger partial charge in [-0.2, -0.15) is 0 Å². The van der Waals surface area contributed by atoms with Gasteiger partial charge in [0.05, 0.1) is 0 Å². The van der Waals surface area contributed by atoms with Gasteiger partial charge in [-0.3, -0.25) is 0 Å². The second-order valence-corrected chi connectivity index (χ2v) is 30.7. The highest BCUT2D eigenvalue weighted by Crippen LogP contribution is 2.86. The molecule has 3 spiro atoms. The van der Waals surface area contributed by atoms with Gasteiger partial charge in [0.2, 0.25) is 0 Å². The van der Waals surface area contributed by atoms with Crippen molar-refractivity contribution in [3.05, 3.63) is 273 Å². The Morgan fingerprint density at radius 2 is 0.333 bits per heavy atom. The first-order valence-electron chi connectivity index (χ1n) is 28.7. The van der Waals surface area contributed by atoms with Gasteiger partial charge in [0.15, 0.2) is 17.5 Å². The number of aromatic nitrogens is 3. The molecule has 1 aromatic heterocycles. The molecule has 0 bridgehead atoms. The molecule has 9 nitrogen and oxygen atoms in total. The number of para-hydroxylation sites is 9. The van der Waals surface area contributed by atoms with Crippen molar-refractivity contribution in [3.8, 4) is 103 Å². The molecule has 414 valence electrons. The Kier molecular flexibility index (Phi) is 10.2. The third-order valence-corrected chi connectivity index (χ3v) is 29.1. The van der Waals surface area contributed by atoms with E-state index in [9.17, 15) is 0 Å². The highest BCUT2D eigenvalue weighted by Gasteiger charge is 2.50. The monoisotopic (exact) mass is 1180 g/mol. The van der Waals surface area contributed by atoms with Gasteiger partial charge >= 0.3 is 0 Å². The van der Waals surface area contributed by atoms with Gasteiger partial charge in [0, 0.05) is 75.4 Å². The Hall–Kier alpha value is -10.5. The van der Waals surface area contributed by atoms with Crippen molar-refractivity contribution in [1.82, 2.24) is 15.0 Å². The summed E-state index contributed by atoms with van der Waals surface area (Å²) in [6.07, 6.45) is 0.